The molecule has 0 spiro atoms. The summed E-state index contributed by atoms with van der Waals surface area (Å²) in [4.78, 5) is 0.339. The van der Waals surface area contributed by atoms with Crippen molar-refractivity contribution < 1.29 is 13.5 Å². The third-order valence-electron chi connectivity index (χ3n) is 4.93. The number of benzene rings is 3. The largest absolute Gasteiger partial charge is 0.388 e. The first kappa shape index (κ1) is 20.3. The van der Waals surface area contributed by atoms with Crippen molar-refractivity contribution in [3.05, 3.63) is 90.0 Å². The first-order chi connectivity index (χ1) is 13.4. The fraction of sp³-hybridized carbons (Fsp3) is 0.250. The lowest BCUT2D eigenvalue weighted by atomic mass is 9.99. The topological polar surface area (TPSA) is 54.4 Å². The van der Waals surface area contributed by atoms with E-state index in [1.54, 1.807) is 18.2 Å². The molecule has 1 N–H and O–H groups in total. The highest BCUT2D eigenvalue weighted by molar-refractivity contribution is 7.90. The molecule has 0 fully saturated rings. The molecule has 0 amide bonds. The van der Waals surface area contributed by atoms with E-state index in [9.17, 15) is 13.5 Å². The minimum Gasteiger partial charge on any atom is -0.388 e. The second-order valence-corrected chi connectivity index (χ2v) is 9.18. The number of rotatable bonds is 8. The van der Waals surface area contributed by atoms with Gasteiger partial charge in [0.25, 0.3) is 0 Å². The molecule has 0 aliphatic heterocycles. The van der Waals surface area contributed by atoms with Gasteiger partial charge in [0.1, 0.15) is 0 Å². The Labute approximate surface area is 167 Å². The summed E-state index contributed by atoms with van der Waals surface area (Å²) < 4.78 is 23.5. The third-order valence-corrected chi connectivity index (χ3v) is 6.04. The fourth-order valence-electron chi connectivity index (χ4n) is 3.28. The van der Waals surface area contributed by atoms with Crippen molar-refractivity contribution in [2.45, 2.75) is 36.7 Å². The molecule has 0 saturated carbocycles. The van der Waals surface area contributed by atoms with Crippen molar-refractivity contribution in [2.75, 3.05) is 6.26 Å². The highest BCUT2D eigenvalue weighted by atomic mass is 32.2. The van der Waals surface area contributed by atoms with Crippen molar-refractivity contribution in [3.63, 3.8) is 0 Å². The number of hydrogen-bond acceptors (Lipinski definition) is 3. The fourth-order valence-corrected chi connectivity index (χ4v) is 3.95. The SMILES string of the molecule is CS(=O)(=O)c1cccc(-c2ccc(CCCCC(O)c3ccccc3)cc2)c1. The van der Waals surface area contributed by atoms with Crippen LogP contribution in [-0.4, -0.2) is 19.8 Å². The van der Waals surface area contributed by atoms with Crippen LogP contribution in [0.2, 0.25) is 0 Å². The molecule has 3 nitrogen and oxygen atoms in total. The highest BCUT2D eigenvalue weighted by Crippen LogP contribution is 2.24. The summed E-state index contributed by atoms with van der Waals surface area (Å²) in [7, 11) is -3.20. The lowest BCUT2D eigenvalue weighted by Gasteiger charge is -2.11. The maximum absolute atomic E-state index is 11.7. The summed E-state index contributed by atoms with van der Waals surface area (Å²) in [5.74, 6) is 0. The summed E-state index contributed by atoms with van der Waals surface area (Å²) in [5.41, 5.74) is 4.13. The molecule has 0 aliphatic rings. The van der Waals surface area contributed by atoms with Gasteiger partial charge >= 0.3 is 0 Å². The van der Waals surface area contributed by atoms with E-state index in [-0.39, 0.29) is 0 Å². The molecule has 0 radical (unpaired) electrons. The molecule has 28 heavy (non-hydrogen) atoms. The van der Waals surface area contributed by atoms with E-state index >= 15 is 0 Å². The minimum atomic E-state index is -3.20. The monoisotopic (exact) mass is 394 g/mol. The average Bonchev–Trinajstić information content (AvgIpc) is 2.71. The van der Waals surface area contributed by atoms with Crippen LogP contribution in [0.15, 0.2) is 83.8 Å². The van der Waals surface area contributed by atoms with Gasteiger partial charge in [0.15, 0.2) is 9.84 Å². The molecular formula is C24H26O3S. The van der Waals surface area contributed by atoms with Gasteiger partial charge in [-0.2, -0.15) is 0 Å². The van der Waals surface area contributed by atoms with Crippen LogP contribution in [0.5, 0.6) is 0 Å². The Morgan fingerprint density at radius 3 is 2.21 bits per heavy atom. The highest BCUT2D eigenvalue weighted by Gasteiger charge is 2.09. The third kappa shape index (κ3) is 5.54. The van der Waals surface area contributed by atoms with Crippen LogP contribution >= 0.6 is 0 Å². The maximum atomic E-state index is 11.7. The lowest BCUT2D eigenvalue weighted by molar-refractivity contribution is 0.163. The molecule has 0 aromatic heterocycles. The van der Waals surface area contributed by atoms with Gasteiger partial charge in [-0.25, -0.2) is 8.42 Å². The van der Waals surface area contributed by atoms with Crippen molar-refractivity contribution in [1.82, 2.24) is 0 Å². The van der Waals surface area contributed by atoms with Gasteiger partial charge in [-0.15, -0.1) is 0 Å². The van der Waals surface area contributed by atoms with Crippen molar-refractivity contribution in [2.24, 2.45) is 0 Å². The molecule has 146 valence electrons. The van der Waals surface area contributed by atoms with Crippen LogP contribution in [0.4, 0.5) is 0 Å². The van der Waals surface area contributed by atoms with Crippen molar-refractivity contribution >= 4 is 9.84 Å². The summed E-state index contributed by atoms with van der Waals surface area (Å²) >= 11 is 0. The summed E-state index contributed by atoms with van der Waals surface area (Å²) in [6.07, 6.45) is 4.54. The zero-order valence-corrected chi connectivity index (χ0v) is 16.9. The number of aliphatic hydroxyl groups is 1. The molecule has 0 aliphatic carbocycles. The minimum absolute atomic E-state index is 0.339. The summed E-state index contributed by atoms with van der Waals surface area (Å²) in [5, 5.41) is 10.2. The maximum Gasteiger partial charge on any atom is 0.175 e. The number of aryl methyl sites for hydroxylation is 1. The second kappa shape index (κ2) is 9.18. The van der Waals surface area contributed by atoms with Gasteiger partial charge in [-0.1, -0.05) is 73.2 Å². The molecule has 3 rings (SSSR count). The van der Waals surface area contributed by atoms with E-state index < -0.39 is 15.9 Å². The van der Waals surface area contributed by atoms with E-state index in [1.807, 2.05) is 48.5 Å². The molecule has 0 saturated heterocycles. The number of hydrogen-bond donors (Lipinski definition) is 1. The van der Waals surface area contributed by atoms with Gasteiger partial charge in [0, 0.05) is 6.26 Å². The Hall–Kier alpha value is -2.43. The lowest BCUT2D eigenvalue weighted by Crippen LogP contribution is -1.97. The standard InChI is InChI=1S/C24H26O3S/c1-28(26,27)23-12-7-11-22(18-23)20-16-14-19(15-17-20)8-5-6-13-24(25)21-9-3-2-4-10-21/h2-4,7,9-12,14-18,24-25H,5-6,8,13H2,1H3. The van der Waals surface area contributed by atoms with Gasteiger partial charge in [0.2, 0.25) is 0 Å². The van der Waals surface area contributed by atoms with E-state index in [0.29, 0.717) is 4.90 Å². The predicted octanol–water partition coefficient (Wildman–Crippen LogP) is 5.20. The normalized spacial score (nSPS) is 12.6. The molecule has 0 bridgehead atoms. The molecule has 4 heteroatoms. The van der Waals surface area contributed by atoms with Crippen LogP contribution in [0, 0.1) is 0 Å². The van der Waals surface area contributed by atoms with E-state index in [4.69, 9.17) is 0 Å². The van der Waals surface area contributed by atoms with Gasteiger partial charge in [-0.3, -0.25) is 0 Å². The molecule has 1 unspecified atom stereocenters. The second-order valence-electron chi connectivity index (χ2n) is 7.17. The Morgan fingerprint density at radius 1 is 0.821 bits per heavy atom. The predicted molar refractivity (Wildman–Crippen MR) is 114 cm³/mol. The number of aliphatic hydroxyl groups excluding tert-OH is 1. The van der Waals surface area contributed by atoms with Crippen LogP contribution in [0.1, 0.15) is 36.5 Å². The van der Waals surface area contributed by atoms with Crippen molar-refractivity contribution in [1.29, 1.82) is 0 Å². The smallest absolute Gasteiger partial charge is 0.175 e. The van der Waals surface area contributed by atoms with Crippen molar-refractivity contribution in [3.8, 4) is 11.1 Å². The summed E-state index contributed by atoms with van der Waals surface area (Å²) in [6, 6.07) is 25.1. The zero-order chi connectivity index (χ0) is 20.0. The molecule has 3 aromatic rings. The van der Waals surface area contributed by atoms with Gasteiger partial charge < -0.3 is 5.11 Å². The quantitative estimate of drug-likeness (QED) is 0.534. The summed E-state index contributed by atoms with van der Waals surface area (Å²) in [6.45, 7) is 0. The zero-order valence-electron chi connectivity index (χ0n) is 16.1. The molecular weight excluding hydrogens is 368 g/mol. The van der Waals surface area contributed by atoms with Crippen LogP contribution in [0.25, 0.3) is 11.1 Å². The first-order valence-electron chi connectivity index (χ1n) is 9.56. The number of sulfone groups is 1. The average molecular weight is 395 g/mol. The number of unbranched alkanes of at least 4 members (excludes halogenated alkanes) is 1. The Balaban J connectivity index is 1.54. The molecule has 3 aromatic carbocycles. The van der Waals surface area contributed by atoms with E-state index in [0.717, 1.165) is 42.4 Å². The van der Waals surface area contributed by atoms with Gasteiger partial charge in [0.05, 0.1) is 11.0 Å². The molecule has 0 heterocycles. The van der Waals surface area contributed by atoms with Crippen LogP contribution < -0.4 is 0 Å². The Kier molecular flexibility index (Phi) is 6.65. The van der Waals surface area contributed by atoms with E-state index in [1.165, 1.54) is 11.8 Å². The molecule has 1 atom stereocenters. The first-order valence-corrected chi connectivity index (χ1v) is 11.4. The Bertz CT molecular complexity index is 994. The van der Waals surface area contributed by atoms with Gasteiger partial charge in [-0.05, 0) is 53.6 Å². The van der Waals surface area contributed by atoms with E-state index in [2.05, 4.69) is 12.1 Å². The van der Waals surface area contributed by atoms with Crippen LogP contribution in [0.3, 0.4) is 0 Å². The Morgan fingerprint density at radius 2 is 1.54 bits per heavy atom. The van der Waals surface area contributed by atoms with Crippen LogP contribution in [-0.2, 0) is 16.3 Å².